The van der Waals surface area contributed by atoms with E-state index in [-0.39, 0.29) is 5.91 Å². The Hall–Kier alpha value is -2.53. The summed E-state index contributed by atoms with van der Waals surface area (Å²) in [6.07, 6.45) is 1.49. The molecule has 5 nitrogen and oxygen atoms in total. The van der Waals surface area contributed by atoms with Crippen molar-refractivity contribution >= 4 is 23.7 Å². The monoisotopic (exact) mass is 332 g/mol. The van der Waals surface area contributed by atoms with Gasteiger partial charge in [-0.05, 0) is 36.8 Å². The molecule has 6 heteroatoms. The fourth-order valence-corrected chi connectivity index (χ4v) is 2.36. The molecule has 0 spiro atoms. The molecule has 0 bridgehead atoms. The van der Waals surface area contributed by atoms with Gasteiger partial charge in [0.2, 0.25) is 0 Å². The van der Waals surface area contributed by atoms with Crippen molar-refractivity contribution in [3.63, 3.8) is 0 Å². The smallest absolute Gasteiger partial charge is 0.272 e. The molecule has 1 N–H and O–H groups in total. The number of halogens is 1. The standard InChI is InChI=1S/C17H17ClN2O3/c1-11-7-8-13(14(18)9-11)17(21)20-19-10-12-5-4-6-15(22-2)16(12)23-3/h4-10H,1-3H3,(H,20,21)/b19-10-. The Kier molecular flexibility index (Phi) is 5.60. The molecule has 0 radical (unpaired) electrons. The van der Waals surface area contributed by atoms with E-state index in [1.54, 1.807) is 44.6 Å². The van der Waals surface area contributed by atoms with Gasteiger partial charge >= 0.3 is 0 Å². The number of hydrogen-bond acceptors (Lipinski definition) is 4. The first-order chi connectivity index (χ1) is 11.1. The first-order valence-corrected chi connectivity index (χ1v) is 7.25. The topological polar surface area (TPSA) is 59.9 Å². The molecular weight excluding hydrogens is 316 g/mol. The van der Waals surface area contributed by atoms with Crippen molar-refractivity contribution in [1.82, 2.24) is 5.43 Å². The highest BCUT2D eigenvalue weighted by Gasteiger charge is 2.10. The number of hydrogen-bond donors (Lipinski definition) is 1. The van der Waals surface area contributed by atoms with Crippen LogP contribution in [0.3, 0.4) is 0 Å². The molecule has 2 aromatic rings. The first kappa shape index (κ1) is 16.8. The quantitative estimate of drug-likeness (QED) is 0.674. The highest BCUT2D eigenvalue weighted by molar-refractivity contribution is 6.33. The van der Waals surface area contributed by atoms with E-state index in [1.165, 1.54) is 6.21 Å². The maximum Gasteiger partial charge on any atom is 0.272 e. The third-order valence-electron chi connectivity index (χ3n) is 3.17. The minimum Gasteiger partial charge on any atom is -0.493 e. The third kappa shape index (κ3) is 4.02. The van der Waals surface area contributed by atoms with Crippen LogP contribution in [-0.2, 0) is 0 Å². The van der Waals surface area contributed by atoms with Crippen LogP contribution in [0.25, 0.3) is 0 Å². The average Bonchev–Trinajstić information content (AvgIpc) is 2.54. The van der Waals surface area contributed by atoms with Crippen molar-refractivity contribution in [2.45, 2.75) is 6.92 Å². The van der Waals surface area contributed by atoms with Crippen LogP contribution in [0.1, 0.15) is 21.5 Å². The van der Waals surface area contributed by atoms with Gasteiger partial charge in [0.1, 0.15) is 0 Å². The summed E-state index contributed by atoms with van der Waals surface area (Å²) in [5.74, 6) is 0.749. The zero-order valence-electron chi connectivity index (χ0n) is 13.1. The van der Waals surface area contributed by atoms with Gasteiger partial charge in [-0.2, -0.15) is 5.10 Å². The number of nitrogens with zero attached hydrogens (tertiary/aromatic N) is 1. The average molecular weight is 333 g/mol. The lowest BCUT2D eigenvalue weighted by Crippen LogP contribution is -2.18. The summed E-state index contributed by atoms with van der Waals surface area (Å²) in [6, 6.07) is 10.6. The summed E-state index contributed by atoms with van der Waals surface area (Å²) < 4.78 is 10.5. The number of amides is 1. The normalized spacial score (nSPS) is 10.6. The molecule has 0 saturated heterocycles. The molecule has 120 valence electrons. The number of carbonyl (C=O) groups is 1. The van der Waals surface area contributed by atoms with E-state index in [0.717, 1.165) is 5.56 Å². The second-order valence-electron chi connectivity index (χ2n) is 4.77. The van der Waals surface area contributed by atoms with Crippen LogP contribution in [0.4, 0.5) is 0 Å². The van der Waals surface area contributed by atoms with Crippen LogP contribution in [-0.4, -0.2) is 26.3 Å². The van der Waals surface area contributed by atoms with E-state index in [1.807, 2.05) is 13.0 Å². The molecule has 0 aliphatic heterocycles. The van der Waals surface area contributed by atoms with Crippen LogP contribution >= 0.6 is 11.6 Å². The Morgan fingerprint density at radius 2 is 2.00 bits per heavy atom. The van der Waals surface area contributed by atoms with Crippen LogP contribution in [0.15, 0.2) is 41.5 Å². The second-order valence-corrected chi connectivity index (χ2v) is 5.17. The van der Waals surface area contributed by atoms with Crippen LogP contribution in [0.2, 0.25) is 5.02 Å². The Bertz CT molecular complexity index is 745. The molecule has 0 unspecified atom stereocenters. The zero-order chi connectivity index (χ0) is 16.8. The molecule has 0 fully saturated rings. The molecule has 2 aromatic carbocycles. The number of ether oxygens (including phenoxy) is 2. The van der Waals surface area contributed by atoms with Crippen molar-refractivity contribution in [1.29, 1.82) is 0 Å². The van der Waals surface area contributed by atoms with E-state index in [9.17, 15) is 4.79 Å². The molecular formula is C17H17ClN2O3. The van der Waals surface area contributed by atoms with Gasteiger partial charge in [0.25, 0.3) is 5.91 Å². The fraction of sp³-hybridized carbons (Fsp3) is 0.176. The maximum atomic E-state index is 12.1. The zero-order valence-corrected chi connectivity index (χ0v) is 13.8. The van der Waals surface area contributed by atoms with Crippen molar-refractivity contribution < 1.29 is 14.3 Å². The number of para-hydroxylation sites is 1. The molecule has 0 aliphatic carbocycles. The summed E-state index contributed by atoms with van der Waals surface area (Å²) in [7, 11) is 3.10. The number of carbonyl (C=O) groups excluding carboxylic acids is 1. The molecule has 0 saturated carbocycles. The van der Waals surface area contributed by atoms with Crippen molar-refractivity contribution in [2.75, 3.05) is 14.2 Å². The number of methoxy groups -OCH3 is 2. The number of aryl methyl sites for hydroxylation is 1. The molecule has 23 heavy (non-hydrogen) atoms. The van der Waals surface area contributed by atoms with Gasteiger partial charge in [-0.15, -0.1) is 0 Å². The number of nitrogens with one attached hydrogen (secondary N) is 1. The van der Waals surface area contributed by atoms with Crippen molar-refractivity contribution in [3.8, 4) is 11.5 Å². The first-order valence-electron chi connectivity index (χ1n) is 6.87. The van der Waals surface area contributed by atoms with E-state index >= 15 is 0 Å². The Balaban J connectivity index is 2.14. The Morgan fingerprint density at radius 3 is 2.65 bits per heavy atom. The highest BCUT2D eigenvalue weighted by Crippen LogP contribution is 2.29. The molecule has 0 aliphatic rings. The van der Waals surface area contributed by atoms with Gasteiger partial charge in [-0.1, -0.05) is 23.7 Å². The minimum absolute atomic E-state index is 0.368. The number of rotatable bonds is 5. The summed E-state index contributed by atoms with van der Waals surface area (Å²) in [4.78, 5) is 12.1. The van der Waals surface area contributed by atoms with E-state index < -0.39 is 0 Å². The predicted octanol–water partition coefficient (Wildman–Crippen LogP) is 3.43. The van der Waals surface area contributed by atoms with Gasteiger partial charge in [0.05, 0.1) is 31.0 Å². The molecule has 0 atom stereocenters. The largest absolute Gasteiger partial charge is 0.493 e. The van der Waals surface area contributed by atoms with Crippen LogP contribution in [0, 0.1) is 6.92 Å². The summed E-state index contributed by atoms with van der Waals surface area (Å²) in [5, 5.41) is 4.33. The number of hydrazone groups is 1. The SMILES string of the molecule is COc1cccc(/C=N\NC(=O)c2ccc(C)cc2Cl)c1OC. The van der Waals surface area contributed by atoms with E-state index in [2.05, 4.69) is 10.5 Å². The van der Waals surface area contributed by atoms with Crippen LogP contribution in [0.5, 0.6) is 11.5 Å². The van der Waals surface area contributed by atoms with E-state index in [0.29, 0.717) is 27.6 Å². The summed E-state index contributed by atoms with van der Waals surface area (Å²) in [6.45, 7) is 1.90. The number of benzene rings is 2. The third-order valence-corrected chi connectivity index (χ3v) is 3.49. The van der Waals surface area contributed by atoms with Crippen molar-refractivity contribution in [2.24, 2.45) is 5.10 Å². The molecule has 0 heterocycles. The fourth-order valence-electron chi connectivity index (χ4n) is 2.04. The van der Waals surface area contributed by atoms with Gasteiger partial charge in [-0.3, -0.25) is 4.79 Å². The lowest BCUT2D eigenvalue weighted by atomic mass is 10.1. The Labute approximate surface area is 139 Å². The minimum atomic E-state index is -0.381. The lowest BCUT2D eigenvalue weighted by Gasteiger charge is -2.09. The second kappa shape index (κ2) is 7.65. The van der Waals surface area contributed by atoms with Gasteiger partial charge in [0.15, 0.2) is 11.5 Å². The van der Waals surface area contributed by atoms with Gasteiger partial charge in [0, 0.05) is 5.56 Å². The predicted molar refractivity (Wildman–Crippen MR) is 90.8 cm³/mol. The van der Waals surface area contributed by atoms with E-state index in [4.69, 9.17) is 21.1 Å². The summed E-state index contributed by atoms with van der Waals surface area (Å²) >= 11 is 6.06. The summed E-state index contributed by atoms with van der Waals surface area (Å²) in [5.41, 5.74) is 4.48. The molecule has 2 rings (SSSR count). The van der Waals surface area contributed by atoms with Gasteiger partial charge in [-0.25, -0.2) is 5.43 Å². The molecule has 1 amide bonds. The highest BCUT2D eigenvalue weighted by atomic mass is 35.5. The molecule has 0 aromatic heterocycles. The van der Waals surface area contributed by atoms with Gasteiger partial charge < -0.3 is 9.47 Å². The Morgan fingerprint density at radius 1 is 1.22 bits per heavy atom. The lowest BCUT2D eigenvalue weighted by molar-refractivity contribution is 0.0955. The van der Waals surface area contributed by atoms with Crippen LogP contribution < -0.4 is 14.9 Å². The maximum absolute atomic E-state index is 12.1. The van der Waals surface area contributed by atoms with Crippen molar-refractivity contribution in [3.05, 3.63) is 58.1 Å².